The standard InChI is InChI=1S/C14H24N4O2.2ClH/c15-14(3-4-14)13(20)18-9-7-16(8-10-18)11-12(19)17-5-1-2-6-17;;/h1-11,15H2;2*1H. The zero-order chi connectivity index (χ0) is 14.2. The van der Waals surface area contributed by atoms with Crippen LogP contribution in [0.3, 0.4) is 0 Å². The molecule has 1 saturated carbocycles. The summed E-state index contributed by atoms with van der Waals surface area (Å²) in [7, 11) is 0. The van der Waals surface area contributed by atoms with Gasteiger partial charge in [0.2, 0.25) is 11.8 Å². The van der Waals surface area contributed by atoms with Crippen molar-refractivity contribution in [2.45, 2.75) is 31.2 Å². The van der Waals surface area contributed by atoms with Crippen LogP contribution < -0.4 is 5.73 Å². The van der Waals surface area contributed by atoms with Gasteiger partial charge in [-0.2, -0.15) is 0 Å². The maximum Gasteiger partial charge on any atom is 0.242 e. The van der Waals surface area contributed by atoms with Crippen molar-refractivity contribution in [2.24, 2.45) is 5.73 Å². The van der Waals surface area contributed by atoms with E-state index in [1.807, 2.05) is 9.80 Å². The molecular formula is C14H26Cl2N4O2. The largest absolute Gasteiger partial charge is 0.342 e. The minimum absolute atomic E-state index is 0. The first kappa shape index (κ1) is 19.5. The fourth-order valence-electron chi connectivity index (χ4n) is 3.03. The molecule has 0 bridgehead atoms. The van der Waals surface area contributed by atoms with Crippen LogP contribution >= 0.6 is 24.8 Å². The summed E-state index contributed by atoms with van der Waals surface area (Å²) in [5.41, 5.74) is 5.39. The molecule has 2 amide bonds. The molecule has 8 heteroatoms. The van der Waals surface area contributed by atoms with Gasteiger partial charge in [-0.3, -0.25) is 14.5 Å². The molecule has 3 fully saturated rings. The van der Waals surface area contributed by atoms with Gasteiger partial charge in [0.15, 0.2) is 0 Å². The highest BCUT2D eigenvalue weighted by atomic mass is 35.5. The lowest BCUT2D eigenvalue weighted by Crippen LogP contribution is -2.55. The Labute approximate surface area is 144 Å². The lowest BCUT2D eigenvalue weighted by atomic mass is 10.2. The van der Waals surface area contributed by atoms with Crippen LogP contribution in [-0.4, -0.2) is 77.9 Å². The van der Waals surface area contributed by atoms with Crippen molar-refractivity contribution in [1.29, 1.82) is 0 Å². The predicted octanol–water partition coefficient (Wildman–Crippen LogP) is 0.0879. The van der Waals surface area contributed by atoms with Crippen LogP contribution in [0.2, 0.25) is 0 Å². The number of hydrogen-bond donors (Lipinski definition) is 1. The second-order valence-electron chi connectivity index (χ2n) is 6.31. The van der Waals surface area contributed by atoms with E-state index < -0.39 is 5.54 Å². The van der Waals surface area contributed by atoms with Gasteiger partial charge in [0.05, 0.1) is 12.1 Å². The number of carbonyl (C=O) groups is 2. The van der Waals surface area contributed by atoms with Gasteiger partial charge >= 0.3 is 0 Å². The summed E-state index contributed by atoms with van der Waals surface area (Å²) >= 11 is 0. The van der Waals surface area contributed by atoms with Crippen molar-refractivity contribution in [3.8, 4) is 0 Å². The van der Waals surface area contributed by atoms with Gasteiger partial charge in [0.1, 0.15) is 0 Å². The number of nitrogens with zero attached hydrogens (tertiary/aromatic N) is 3. The molecule has 0 atom stereocenters. The van der Waals surface area contributed by atoms with Crippen LogP contribution in [0, 0.1) is 0 Å². The highest BCUT2D eigenvalue weighted by Gasteiger charge is 2.48. The van der Waals surface area contributed by atoms with E-state index in [1.54, 1.807) is 0 Å². The molecule has 0 aromatic rings. The molecule has 0 aromatic heterocycles. The highest BCUT2D eigenvalue weighted by molar-refractivity contribution is 5.89. The van der Waals surface area contributed by atoms with Gasteiger partial charge in [0.25, 0.3) is 0 Å². The van der Waals surface area contributed by atoms with Gasteiger partial charge in [-0.15, -0.1) is 24.8 Å². The molecule has 2 heterocycles. The van der Waals surface area contributed by atoms with Crippen molar-refractivity contribution < 1.29 is 9.59 Å². The van der Waals surface area contributed by atoms with E-state index in [-0.39, 0.29) is 36.6 Å². The first-order valence-electron chi connectivity index (χ1n) is 7.67. The fourth-order valence-corrected chi connectivity index (χ4v) is 3.03. The summed E-state index contributed by atoms with van der Waals surface area (Å²) in [6.45, 7) is 5.27. The molecule has 0 radical (unpaired) electrons. The first-order chi connectivity index (χ1) is 9.58. The van der Waals surface area contributed by atoms with Crippen molar-refractivity contribution in [3.63, 3.8) is 0 Å². The molecule has 0 unspecified atom stereocenters. The third kappa shape index (κ3) is 4.25. The van der Waals surface area contributed by atoms with Crippen molar-refractivity contribution in [2.75, 3.05) is 45.8 Å². The third-order valence-electron chi connectivity index (χ3n) is 4.69. The smallest absolute Gasteiger partial charge is 0.242 e. The summed E-state index contributed by atoms with van der Waals surface area (Å²) in [6.07, 6.45) is 3.90. The van der Waals surface area contributed by atoms with Gasteiger partial charge in [-0.1, -0.05) is 0 Å². The van der Waals surface area contributed by atoms with Gasteiger partial charge < -0.3 is 15.5 Å². The molecule has 128 valence electrons. The van der Waals surface area contributed by atoms with E-state index in [0.29, 0.717) is 19.6 Å². The van der Waals surface area contributed by atoms with Crippen LogP contribution in [0.25, 0.3) is 0 Å². The summed E-state index contributed by atoms with van der Waals surface area (Å²) in [4.78, 5) is 30.2. The van der Waals surface area contributed by atoms with Crippen LogP contribution in [0.5, 0.6) is 0 Å². The molecule has 1 aliphatic carbocycles. The van der Waals surface area contributed by atoms with Crippen LogP contribution in [0.15, 0.2) is 0 Å². The molecule has 2 N–H and O–H groups in total. The Hall–Kier alpha value is -0.560. The zero-order valence-corrected chi connectivity index (χ0v) is 14.5. The average Bonchev–Trinajstić information content (AvgIpc) is 2.99. The number of rotatable bonds is 3. The number of likely N-dealkylation sites (tertiary alicyclic amines) is 1. The summed E-state index contributed by atoms with van der Waals surface area (Å²) in [5.74, 6) is 0.336. The molecule has 2 aliphatic heterocycles. The number of amides is 2. The van der Waals surface area contributed by atoms with Crippen LogP contribution in [0.1, 0.15) is 25.7 Å². The molecule has 22 heavy (non-hydrogen) atoms. The Balaban J connectivity index is 0.00000121. The number of halogens is 2. The Bertz CT molecular complexity index is 404. The average molecular weight is 353 g/mol. The Morgan fingerprint density at radius 2 is 1.41 bits per heavy atom. The number of nitrogens with two attached hydrogens (primary N) is 1. The van der Waals surface area contributed by atoms with Crippen molar-refractivity contribution >= 4 is 36.6 Å². The second-order valence-corrected chi connectivity index (χ2v) is 6.31. The molecule has 6 nitrogen and oxygen atoms in total. The Kier molecular flexibility index (Phi) is 6.92. The topological polar surface area (TPSA) is 69.9 Å². The van der Waals surface area contributed by atoms with E-state index in [0.717, 1.165) is 51.9 Å². The van der Waals surface area contributed by atoms with E-state index in [9.17, 15) is 9.59 Å². The van der Waals surface area contributed by atoms with Crippen molar-refractivity contribution in [3.05, 3.63) is 0 Å². The molecule has 2 saturated heterocycles. The minimum atomic E-state index is -0.562. The van der Waals surface area contributed by atoms with Crippen molar-refractivity contribution in [1.82, 2.24) is 14.7 Å². The van der Waals surface area contributed by atoms with E-state index >= 15 is 0 Å². The quantitative estimate of drug-likeness (QED) is 0.781. The van der Waals surface area contributed by atoms with Crippen LogP contribution in [0.4, 0.5) is 0 Å². The molecular weight excluding hydrogens is 327 g/mol. The number of carbonyl (C=O) groups excluding carboxylic acids is 2. The number of hydrogen-bond acceptors (Lipinski definition) is 4. The summed E-state index contributed by atoms with van der Waals surface area (Å²) < 4.78 is 0. The summed E-state index contributed by atoms with van der Waals surface area (Å²) in [5, 5.41) is 0. The molecule has 3 rings (SSSR count). The SMILES string of the molecule is Cl.Cl.NC1(C(=O)N2CCN(CC(=O)N3CCCC3)CC2)CC1. The second kappa shape index (κ2) is 7.81. The Morgan fingerprint density at radius 3 is 1.91 bits per heavy atom. The minimum Gasteiger partial charge on any atom is -0.342 e. The maximum atomic E-state index is 12.1. The zero-order valence-electron chi connectivity index (χ0n) is 12.8. The van der Waals surface area contributed by atoms with Crippen LogP contribution in [-0.2, 0) is 9.59 Å². The lowest BCUT2D eigenvalue weighted by molar-refractivity contribution is -0.136. The lowest BCUT2D eigenvalue weighted by Gasteiger charge is -2.36. The van der Waals surface area contributed by atoms with Gasteiger partial charge in [-0.25, -0.2) is 0 Å². The molecule has 0 aromatic carbocycles. The Morgan fingerprint density at radius 1 is 0.864 bits per heavy atom. The summed E-state index contributed by atoms with van der Waals surface area (Å²) in [6, 6.07) is 0. The van der Waals surface area contributed by atoms with E-state index in [4.69, 9.17) is 5.73 Å². The maximum absolute atomic E-state index is 12.1. The van der Waals surface area contributed by atoms with Gasteiger partial charge in [-0.05, 0) is 25.7 Å². The number of piperazine rings is 1. The van der Waals surface area contributed by atoms with E-state index in [2.05, 4.69) is 4.90 Å². The third-order valence-corrected chi connectivity index (χ3v) is 4.69. The fraction of sp³-hybridized carbons (Fsp3) is 0.857. The predicted molar refractivity (Wildman–Crippen MR) is 89.5 cm³/mol. The van der Waals surface area contributed by atoms with E-state index in [1.165, 1.54) is 0 Å². The highest BCUT2D eigenvalue weighted by Crippen LogP contribution is 2.34. The molecule has 0 spiro atoms. The monoisotopic (exact) mass is 352 g/mol. The molecule has 3 aliphatic rings. The van der Waals surface area contributed by atoms with Gasteiger partial charge in [0, 0.05) is 39.3 Å². The normalized spacial score (nSPS) is 23.5. The first-order valence-corrected chi connectivity index (χ1v) is 7.67.